The van der Waals surface area contributed by atoms with Crippen LogP contribution in [0.4, 0.5) is 10.1 Å². The lowest BCUT2D eigenvalue weighted by molar-refractivity contribution is 0.102. The maximum absolute atomic E-state index is 14.2. The van der Waals surface area contributed by atoms with Crippen LogP contribution in [0.2, 0.25) is 5.02 Å². The number of methoxy groups -OCH3 is 1. The van der Waals surface area contributed by atoms with Gasteiger partial charge < -0.3 is 10.1 Å². The number of sulfonamides is 1. The largest absolute Gasteiger partial charge is 0.496 e. The number of carbonyl (C=O) groups excluding carboxylic acids is 1. The van der Waals surface area contributed by atoms with Crippen LogP contribution in [0.5, 0.6) is 5.75 Å². The molecule has 3 aromatic carbocycles. The Kier molecular flexibility index (Phi) is 6.71. The molecule has 3 rings (SSSR count). The van der Waals surface area contributed by atoms with E-state index in [0.717, 1.165) is 18.2 Å². The Morgan fingerprint density at radius 1 is 1.07 bits per heavy atom. The Bertz CT molecular complexity index is 1190. The van der Waals surface area contributed by atoms with Crippen molar-refractivity contribution < 1.29 is 22.3 Å². The normalized spacial score (nSPS) is 11.2. The monoisotopic (exact) mass is 448 g/mol. The van der Waals surface area contributed by atoms with Gasteiger partial charge in [0.2, 0.25) is 10.0 Å². The van der Waals surface area contributed by atoms with Crippen LogP contribution in [-0.2, 0) is 16.6 Å². The van der Waals surface area contributed by atoms with Crippen LogP contribution in [0.1, 0.15) is 15.9 Å². The van der Waals surface area contributed by atoms with Crippen molar-refractivity contribution in [1.29, 1.82) is 0 Å². The van der Waals surface area contributed by atoms with Crippen molar-refractivity contribution in [3.8, 4) is 5.75 Å². The van der Waals surface area contributed by atoms with Gasteiger partial charge in [0.25, 0.3) is 5.91 Å². The van der Waals surface area contributed by atoms with Gasteiger partial charge in [-0.25, -0.2) is 17.5 Å². The highest BCUT2D eigenvalue weighted by molar-refractivity contribution is 7.89. The molecule has 6 nitrogen and oxygen atoms in total. The quantitative estimate of drug-likeness (QED) is 0.566. The Morgan fingerprint density at radius 2 is 1.83 bits per heavy atom. The standard InChI is InChI=1S/C21H18ClFN2O4S/c1-29-20-8-3-2-5-14(20)13-24-30(27,28)17-9-10-19(23)18(12-17)21(26)25-16-7-4-6-15(22)11-16/h2-12,24H,13H2,1H3,(H,25,26). The van der Waals surface area contributed by atoms with Crippen molar-refractivity contribution in [3.63, 3.8) is 0 Å². The van der Waals surface area contributed by atoms with Crippen LogP contribution in [0.3, 0.4) is 0 Å². The number of hydrogen-bond donors (Lipinski definition) is 2. The smallest absolute Gasteiger partial charge is 0.258 e. The van der Waals surface area contributed by atoms with Crippen LogP contribution in [0.25, 0.3) is 0 Å². The first-order chi connectivity index (χ1) is 14.3. The van der Waals surface area contributed by atoms with E-state index in [9.17, 15) is 17.6 Å². The minimum Gasteiger partial charge on any atom is -0.496 e. The Morgan fingerprint density at radius 3 is 2.57 bits per heavy atom. The number of hydrogen-bond acceptors (Lipinski definition) is 4. The third-order valence-corrected chi connectivity index (χ3v) is 5.85. The molecule has 0 aliphatic heterocycles. The van der Waals surface area contributed by atoms with E-state index in [1.54, 1.807) is 42.5 Å². The molecule has 1 amide bonds. The first-order valence-electron chi connectivity index (χ1n) is 8.78. The fourth-order valence-electron chi connectivity index (χ4n) is 2.72. The summed E-state index contributed by atoms with van der Waals surface area (Å²) >= 11 is 5.88. The highest BCUT2D eigenvalue weighted by Crippen LogP contribution is 2.21. The van der Waals surface area contributed by atoms with Gasteiger partial charge in [-0.05, 0) is 42.5 Å². The van der Waals surface area contributed by atoms with Crippen molar-refractivity contribution in [2.45, 2.75) is 11.4 Å². The molecular weight excluding hydrogens is 431 g/mol. The molecule has 3 aromatic rings. The summed E-state index contributed by atoms with van der Waals surface area (Å²) in [7, 11) is -2.52. The summed E-state index contributed by atoms with van der Waals surface area (Å²) in [6, 6.07) is 16.3. The molecule has 156 valence electrons. The first-order valence-corrected chi connectivity index (χ1v) is 10.6. The maximum Gasteiger partial charge on any atom is 0.258 e. The molecule has 0 fully saturated rings. The van der Waals surface area contributed by atoms with Gasteiger partial charge in [0, 0.05) is 22.8 Å². The third kappa shape index (κ3) is 5.15. The lowest BCUT2D eigenvalue weighted by Crippen LogP contribution is -2.24. The maximum atomic E-state index is 14.2. The van der Waals surface area contributed by atoms with Crippen LogP contribution >= 0.6 is 11.6 Å². The summed E-state index contributed by atoms with van der Waals surface area (Å²) in [6.07, 6.45) is 0. The van der Waals surface area contributed by atoms with Gasteiger partial charge in [-0.15, -0.1) is 0 Å². The van der Waals surface area contributed by atoms with Gasteiger partial charge in [0.1, 0.15) is 11.6 Å². The molecule has 0 aliphatic carbocycles. The zero-order valence-electron chi connectivity index (χ0n) is 15.9. The van der Waals surface area contributed by atoms with Crippen LogP contribution < -0.4 is 14.8 Å². The highest BCUT2D eigenvalue weighted by Gasteiger charge is 2.20. The van der Waals surface area contributed by atoms with E-state index in [0.29, 0.717) is 22.0 Å². The number of anilines is 1. The third-order valence-electron chi connectivity index (χ3n) is 4.22. The zero-order chi connectivity index (χ0) is 21.7. The molecule has 0 saturated heterocycles. The summed E-state index contributed by atoms with van der Waals surface area (Å²) in [5.41, 5.74) is 0.578. The minimum absolute atomic E-state index is 0.0340. The molecule has 30 heavy (non-hydrogen) atoms. The Hall–Kier alpha value is -2.94. The van der Waals surface area contributed by atoms with Crippen LogP contribution in [0.15, 0.2) is 71.6 Å². The second kappa shape index (κ2) is 9.25. The Labute approximate surface area is 178 Å². The average Bonchev–Trinajstić information content (AvgIpc) is 2.72. The molecule has 0 unspecified atom stereocenters. The summed E-state index contributed by atoms with van der Waals surface area (Å²) in [6.45, 7) is -0.0340. The van der Waals surface area contributed by atoms with E-state index in [-0.39, 0.29) is 11.4 Å². The van der Waals surface area contributed by atoms with E-state index < -0.39 is 27.3 Å². The molecule has 9 heteroatoms. The molecular formula is C21H18ClFN2O4S. The van der Waals surface area contributed by atoms with Gasteiger partial charge in [-0.2, -0.15) is 0 Å². The van der Waals surface area contributed by atoms with Gasteiger partial charge >= 0.3 is 0 Å². The van der Waals surface area contributed by atoms with Gasteiger partial charge in [-0.3, -0.25) is 4.79 Å². The molecule has 0 radical (unpaired) electrons. The fraction of sp³-hybridized carbons (Fsp3) is 0.0952. The van der Waals surface area contributed by atoms with E-state index >= 15 is 0 Å². The lowest BCUT2D eigenvalue weighted by atomic mass is 10.2. The van der Waals surface area contributed by atoms with Gasteiger partial charge in [0.05, 0.1) is 17.6 Å². The number of halogens is 2. The molecule has 0 aliphatic rings. The number of carbonyl (C=O) groups is 1. The SMILES string of the molecule is COc1ccccc1CNS(=O)(=O)c1ccc(F)c(C(=O)Nc2cccc(Cl)c2)c1. The molecule has 0 saturated carbocycles. The molecule has 0 spiro atoms. The number of ether oxygens (including phenoxy) is 1. The number of nitrogens with one attached hydrogen (secondary N) is 2. The number of amides is 1. The number of rotatable bonds is 7. The minimum atomic E-state index is -4.01. The second-order valence-corrected chi connectivity index (χ2v) is 8.45. The average molecular weight is 449 g/mol. The van der Waals surface area contributed by atoms with E-state index in [1.165, 1.54) is 13.2 Å². The van der Waals surface area contributed by atoms with Crippen molar-refractivity contribution in [2.75, 3.05) is 12.4 Å². The van der Waals surface area contributed by atoms with Gasteiger partial charge in [0.15, 0.2) is 0 Å². The summed E-state index contributed by atoms with van der Waals surface area (Å²) in [5, 5.41) is 2.89. The molecule has 0 bridgehead atoms. The predicted octanol–water partition coefficient (Wildman–Crippen LogP) is 4.22. The predicted molar refractivity (Wildman–Crippen MR) is 113 cm³/mol. The van der Waals surface area contributed by atoms with E-state index in [4.69, 9.17) is 16.3 Å². The first kappa shape index (κ1) is 21.8. The van der Waals surface area contributed by atoms with Crippen molar-refractivity contribution in [1.82, 2.24) is 4.72 Å². The molecule has 0 heterocycles. The molecule has 0 aromatic heterocycles. The van der Waals surface area contributed by atoms with Crippen LogP contribution in [0, 0.1) is 5.82 Å². The topological polar surface area (TPSA) is 84.5 Å². The number of para-hydroxylation sites is 1. The fourth-order valence-corrected chi connectivity index (χ4v) is 3.94. The van der Waals surface area contributed by atoms with Gasteiger partial charge in [-0.1, -0.05) is 35.9 Å². The van der Waals surface area contributed by atoms with Crippen molar-refractivity contribution >= 4 is 33.2 Å². The van der Waals surface area contributed by atoms with Crippen molar-refractivity contribution in [2.24, 2.45) is 0 Å². The lowest BCUT2D eigenvalue weighted by Gasteiger charge is -2.12. The molecule has 2 N–H and O–H groups in total. The second-order valence-electron chi connectivity index (χ2n) is 6.24. The summed E-state index contributed by atoms with van der Waals surface area (Å²) < 4.78 is 47.2. The summed E-state index contributed by atoms with van der Waals surface area (Å²) in [5.74, 6) is -1.12. The van der Waals surface area contributed by atoms with Crippen molar-refractivity contribution in [3.05, 3.63) is 88.7 Å². The van der Waals surface area contributed by atoms with Crippen LogP contribution in [-0.4, -0.2) is 21.4 Å². The molecule has 0 atom stereocenters. The van der Waals surface area contributed by atoms with E-state index in [2.05, 4.69) is 10.0 Å². The zero-order valence-corrected chi connectivity index (χ0v) is 17.4. The number of benzene rings is 3. The highest BCUT2D eigenvalue weighted by atomic mass is 35.5. The van der Waals surface area contributed by atoms with E-state index in [1.807, 2.05) is 0 Å². The summed E-state index contributed by atoms with van der Waals surface area (Å²) in [4.78, 5) is 12.2. The Balaban J connectivity index is 1.81.